The van der Waals surface area contributed by atoms with E-state index >= 15 is 0 Å². The van der Waals surface area contributed by atoms with Crippen LogP contribution in [0.1, 0.15) is 95.2 Å². The first-order valence-electron chi connectivity index (χ1n) is 18.2. The molecule has 0 amide bonds. The van der Waals surface area contributed by atoms with Crippen molar-refractivity contribution in [2.45, 2.75) is 80.1 Å². The van der Waals surface area contributed by atoms with Crippen molar-refractivity contribution >= 4 is 39.3 Å². The molecule has 0 fully saturated rings. The van der Waals surface area contributed by atoms with Crippen molar-refractivity contribution in [3.8, 4) is 0 Å². The van der Waals surface area contributed by atoms with E-state index in [0.29, 0.717) is 23.7 Å². The van der Waals surface area contributed by atoms with Gasteiger partial charge < -0.3 is 0 Å². The molecule has 256 valence electrons. The van der Waals surface area contributed by atoms with Crippen molar-refractivity contribution in [1.82, 2.24) is 9.97 Å². The Labute approximate surface area is 300 Å². The topological polar surface area (TPSA) is 38.1 Å². The lowest BCUT2D eigenvalue weighted by molar-refractivity contribution is 0.754. The summed E-state index contributed by atoms with van der Waals surface area (Å²) in [6.45, 7) is 17.6. The monoisotopic (exact) mass is 659 g/mol. The fourth-order valence-corrected chi connectivity index (χ4v) is 5.98. The van der Waals surface area contributed by atoms with Crippen LogP contribution in [0.3, 0.4) is 0 Å². The average molecular weight is 660 g/mol. The molecule has 3 heterocycles. The summed E-state index contributed by atoms with van der Waals surface area (Å²) in [5.41, 5.74) is 13.0. The zero-order valence-corrected chi connectivity index (χ0v) is 31.2. The van der Waals surface area contributed by atoms with Crippen LogP contribution in [0.25, 0.3) is 27.9 Å². The van der Waals surface area contributed by atoms with Gasteiger partial charge in [0.2, 0.25) is 0 Å². The van der Waals surface area contributed by atoms with Crippen molar-refractivity contribution in [1.29, 1.82) is 0 Å². The van der Waals surface area contributed by atoms with Crippen LogP contribution in [0.5, 0.6) is 0 Å². The summed E-state index contributed by atoms with van der Waals surface area (Å²) >= 11 is 0. The molecule has 0 saturated carbocycles. The Morgan fingerprint density at radius 2 is 1.16 bits per heavy atom. The van der Waals surface area contributed by atoms with Gasteiger partial charge in [0.1, 0.15) is 0 Å². The first-order valence-corrected chi connectivity index (χ1v) is 18.2. The Bertz CT molecular complexity index is 1930. The number of hydrogen-bond acceptors (Lipinski definition) is 3. The molecule has 1 aliphatic heterocycles. The number of allylic oxidation sites excluding steroid dienone is 1. The van der Waals surface area contributed by atoms with Gasteiger partial charge in [-0.15, -0.1) is 0 Å². The van der Waals surface area contributed by atoms with Gasteiger partial charge in [-0.25, -0.2) is 0 Å². The third-order valence-electron chi connectivity index (χ3n) is 9.32. The van der Waals surface area contributed by atoms with E-state index in [4.69, 9.17) is 0 Å². The summed E-state index contributed by atoms with van der Waals surface area (Å²) in [6, 6.07) is 39.9. The highest BCUT2D eigenvalue weighted by atomic mass is 14.8. The van der Waals surface area contributed by atoms with E-state index in [1.165, 1.54) is 50.1 Å². The number of benzene rings is 4. The second kappa shape index (κ2) is 17.2. The maximum Gasteiger partial charge on any atom is 0.0705 e. The predicted octanol–water partition coefficient (Wildman–Crippen LogP) is 13.0. The first-order chi connectivity index (χ1) is 24.1. The van der Waals surface area contributed by atoms with E-state index in [2.05, 4.69) is 155 Å². The van der Waals surface area contributed by atoms with E-state index in [9.17, 15) is 0 Å². The Kier molecular flexibility index (Phi) is 12.5. The van der Waals surface area contributed by atoms with Crippen molar-refractivity contribution < 1.29 is 0 Å². The van der Waals surface area contributed by atoms with Crippen LogP contribution < -0.4 is 0 Å². The molecule has 0 bridgehead atoms. The van der Waals surface area contributed by atoms with Gasteiger partial charge in [0.05, 0.1) is 16.7 Å². The second-order valence-corrected chi connectivity index (χ2v) is 14.5. The smallest absolute Gasteiger partial charge is 0.0705 e. The van der Waals surface area contributed by atoms with Crippen LogP contribution in [0, 0.1) is 11.8 Å². The van der Waals surface area contributed by atoms with Crippen LogP contribution in [0.4, 0.5) is 5.69 Å². The number of fused-ring (bicyclic) bond motifs is 4. The highest BCUT2D eigenvalue weighted by Gasteiger charge is 2.16. The molecule has 0 N–H and O–H groups in total. The second-order valence-electron chi connectivity index (χ2n) is 14.5. The average Bonchev–Trinajstić information content (AvgIpc) is 3.78. The Hall–Kier alpha value is -4.89. The summed E-state index contributed by atoms with van der Waals surface area (Å²) in [4.78, 5) is 13.5. The lowest BCUT2D eigenvalue weighted by atomic mass is 10.0. The van der Waals surface area contributed by atoms with Gasteiger partial charge in [-0.3, -0.25) is 15.0 Å². The standard InChI is InChI=1S/2C12H13N.C12H14.C11H13N/c1-9(2)11-7-10-5-3-4-6-12(10)13-8-11;1-9(2)11-8-7-10-5-3-4-6-12(10)13-11;1-9(2)12-7-10-5-3-4-6-11(10)8-12;1-8(2)11-7-9-5-3-4-6-10(9)12-11/h2*3-9H,1-2H3;3-7,9H,8H2,1-2H3;3-6,8H,7H2,1-2H3. The predicted molar refractivity (Wildman–Crippen MR) is 217 cm³/mol. The van der Waals surface area contributed by atoms with Crippen LogP contribution in [-0.2, 0) is 12.8 Å². The van der Waals surface area contributed by atoms with Gasteiger partial charge in [-0.1, -0.05) is 152 Å². The fourth-order valence-electron chi connectivity index (χ4n) is 5.98. The molecule has 0 spiro atoms. The van der Waals surface area contributed by atoms with Gasteiger partial charge in [-0.2, -0.15) is 0 Å². The minimum absolute atomic E-state index is 0.504. The highest BCUT2D eigenvalue weighted by molar-refractivity contribution is 5.95. The van der Waals surface area contributed by atoms with Gasteiger partial charge in [-0.05, 0) is 82.7 Å². The van der Waals surface area contributed by atoms with E-state index in [1.54, 1.807) is 5.57 Å². The largest absolute Gasteiger partial charge is 0.257 e. The SMILES string of the molecule is CC(C)C1=Cc2ccccc2C1.CC(C)C1=Nc2ccccc2C1.CC(C)c1ccc2ccccc2n1.CC(C)c1cnc2ccccc2c1. The maximum absolute atomic E-state index is 4.57. The summed E-state index contributed by atoms with van der Waals surface area (Å²) in [7, 11) is 0. The molecule has 0 atom stereocenters. The zero-order chi connectivity index (χ0) is 35.6. The van der Waals surface area contributed by atoms with Crippen molar-refractivity contribution in [2.75, 3.05) is 0 Å². The molecular weight excluding hydrogens is 607 g/mol. The number of para-hydroxylation sites is 3. The minimum Gasteiger partial charge on any atom is -0.257 e. The molecule has 6 aromatic rings. The van der Waals surface area contributed by atoms with Crippen LogP contribution in [-0.4, -0.2) is 15.7 Å². The van der Waals surface area contributed by atoms with E-state index in [-0.39, 0.29) is 0 Å². The quantitative estimate of drug-likeness (QED) is 0.189. The lowest BCUT2D eigenvalue weighted by Crippen LogP contribution is -2.06. The first kappa shape index (κ1) is 36.4. The molecule has 4 aromatic carbocycles. The molecule has 3 heteroatoms. The molecule has 3 nitrogen and oxygen atoms in total. The van der Waals surface area contributed by atoms with Crippen molar-refractivity contribution in [3.05, 3.63) is 155 Å². The Morgan fingerprint density at radius 1 is 0.520 bits per heavy atom. The number of aromatic nitrogens is 2. The van der Waals surface area contributed by atoms with Gasteiger partial charge in [0, 0.05) is 34.8 Å². The van der Waals surface area contributed by atoms with Gasteiger partial charge in [0.15, 0.2) is 0 Å². The van der Waals surface area contributed by atoms with Gasteiger partial charge >= 0.3 is 0 Å². The molecule has 1 aliphatic carbocycles. The summed E-state index contributed by atoms with van der Waals surface area (Å²) in [5.74, 6) is 2.33. The Balaban J connectivity index is 0.000000130. The summed E-state index contributed by atoms with van der Waals surface area (Å²) in [6.07, 6.45) is 6.51. The third kappa shape index (κ3) is 9.63. The lowest BCUT2D eigenvalue weighted by Gasteiger charge is -2.05. The van der Waals surface area contributed by atoms with Crippen LogP contribution in [0.2, 0.25) is 0 Å². The fraction of sp³-hybridized carbons (Fsp3) is 0.298. The Morgan fingerprint density at radius 3 is 1.82 bits per heavy atom. The van der Waals surface area contributed by atoms with Crippen molar-refractivity contribution in [3.63, 3.8) is 0 Å². The normalized spacial score (nSPS) is 12.8. The number of pyridine rings is 2. The molecule has 0 saturated heterocycles. The van der Waals surface area contributed by atoms with Gasteiger partial charge in [0.25, 0.3) is 0 Å². The van der Waals surface area contributed by atoms with Crippen LogP contribution >= 0.6 is 0 Å². The number of nitrogens with zero attached hydrogens (tertiary/aromatic N) is 3. The molecule has 50 heavy (non-hydrogen) atoms. The maximum atomic E-state index is 4.57. The molecule has 2 aliphatic rings. The third-order valence-corrected chi connectivity index (χ3v) is 9.32. The van der Waals surface area contributed by atoms with E-state index < -0.39 is 0 Å². The number of hydrogen-bond donors (Lipinski definition) is 0. The zero-order valence-electron chi connectivity index (χ0n) is 31.2. The minimum atomic E-state index is 0.504. The molecule has 0 unspecified atom stereocenters. The number of rotatable bonds is 4. The van der Waals surface area contributed by atoms with E-state index in [0.717, 1.165) is 23.9 Å². The molecule has 2 aromatic heterocycles. The number of aliphatic imine (C=N–C) groups is 1. The molecule has 0 radical (unpaired) electrons. The van der Waals surface area contributed by atoms with Crippen LogP contribution in [0.15, 0.2) is 132 Å². The summed E-state index contributed by atoms with van der Waals surface area (Å²) in [5, 5.41) is 2.45. The summed E-state index contributed by atoms with van der Waals surface area (Å²) < 4.78 is 0. The molecule has 8 rings (SSSR count). The van der Waals surface area contributed by atoms with Crippen molar-refractivity contribution in [2.24, 2.45) is 16.8 Å². The van der Waals surface area contributed by atoms with E-state index in [1.807, 2.05) is 42.6 Å². The molecular formula is C47H53N3. The highest BCUT2D eigenvalue weighted by Crippen LogP contribution is 2.29.